The minimum atomic E-state index is -0.547. The topological polar surface area (TPSA) is 86.6 Å². The Bertz CT molecular complexity index is 528. The molecule has 2 aliphatic heterocycles. The highest BCUT2D eigenvalue weighted by Crippen LogP contribution is 2.35. The van der Waals surface area contributed by atoms with E-state index in [0.29, 0.717) is 26.4 Å². The first-order valence-corrected chi connectivity index (χ1v) is 15.3. The van der Waals surface area contributed by atoms with E-state index < -0.39 is 11.2 Å². The van der Waals surface area contributed by atoms with Crippen molar-refractivity contribution in [2.75, 3.05) is 39.6 Å². The third-order valence-corrected chi connectivity index (χ3v) is 8.00. The molecule has 0 bridgehead atoms. The van der Waals surface area contributed by atoms with Gasteiger partial charge in [0.15, 0.2) is 0 Å². The number of ether oxygens (including phenoxy) is 5. The van der Waals surface area contributed by atoms with Crippen molar-refractivity contribution >= 4 is 0 Å². The van der Waals surface area contributed by atoms with Crippen LogP contribution in [-0.4, -0.2) is 85.5 Å². The molecule has 2 N–H and O–H groups in total. The monoisotopic (exact) mass is 530 g/mol. The molecule has 7 heteroatoms. The Kier molecular flexibility index (Phi) is 16.1. The SMILES string of the molecule is CCCCCCC(C)OCC1(COCC2(COC(C)CCCCCC)CCC(CO)O2)CCC(CO)O1. The molecule has 2 heterocycles. The summed E-state index contributed by atoms with van der Waals surface area (Å²) in [7, 11) is 0. The molecule has 0 radical (unpaired) electrons. The standard InChI is InChI=1S/C30H58O7/c1-5-7-9-11-13-25(3)34-23-29(17-15-27(19-31)36-29)21-33-22-30(18-16-28(20-32)37-30)24-35-26(4)14-12-10-8-6-2/h25-28,31-32H,5-24H2,1-4H3. The van der Waals surface area contributed by atoms with Gasteiger partial charge >= 0.3 is 0 Å². The number of hydrogen-bond acceptors (Lipinski definition) is 7. The normalized spacial score (nSPS) is 29.7. The van der Waals surface area contributed by atoms with Crippen LogP contribution in [0.25, 0.3) is 0 Å². The summed E-state index contributed by atoms with van der Waals surface area (Å²) in [6.45, 7) is 10.5. The molecule has 2 saturated heterocycles. The van der Waals surface area contributed by atoms with E-state index in [-0.39, 0.29) is 37.6 Å². The molecule has 0 aromatic rings. The summed E-state index contributed by atoms with van der Waals surface area (Å²) in [5.41, 5.74) is -1.09. The van der Waals surface area contributed by atoms with Crippen LogP contribution in [0.3, 0.4) is 0 Å². The maximum atomic E-state index is 9.68. The van der Waals surface area contributed by atoms with E-state index in [9.17, 15) is 10.2 Å². The molecule has 6 unspecified atom stereocenters. The number of aliphatic hydroxyl groups is 2. The zero-order chi connectivity index (χ0) is 27.0. The van der Waals surface area contributed by atoms with Crippen molar-refractivity contribution in [1.82, 2.24) is 0 Å². The summed E-state index contributed by atoms with van der Waals surface area (Å²) in [5, 5.41) is 19.4. The van der Waals surface area contributed by atoms with Crippen molar-refractivity contribution in [3.05, 3.63) is 0 Å². The van der Waals surface area contributed by atoms with Crippen LogP contribution in [0.5, 0.6) is 0 Å². The molecular weight excluding hydrogens is 472 g/mol. The van der Waals surface area contributed by atoms with Crippen LogP contribution in [0.1, 0.15) is 118 Å². The molecule has 2 rings (SSSR count). The van der Waals surface area contributed by atoms with Gasteiger partial charge in [-0.1, -0.05) is 65.2 Å². The first kappa shape index (κ1) is 32.9. The quantitative estimate of drug-likeness (QED) is 0.177. The van der Waals surface area contributed by atoms with Crippen LogP contribution < -0.4 is 0 Å². The third-order valence-electron chi connectivity index (χ3n) is 8.00. The largest absolute Gasteiger partial charge is 0.394 e. The number of hydrogen-bond donors (Lipinski definition) is 2. The second kappa shape index (κ2) is 18.1. The lowest BCUT2D eigenvalue weighted by molar-refractivity contribution is -0.177. The molecule has 37 heavy (non-hydrogen) atoms. The molecule has 2 fully saturated rings. The van der Waals surface area contributed by atoms with Gasteiger partial charge in [0.25, 0.3) is 0 Å². The van der Waals surface area contributed by atoms with Gasteiger partial charge in [-0.25, -0.2) is 0 Å². The Balaban J connectivity index is 1.88. The zero-order valence-corrected chi connectivity index (χ0v) is 24.4. The van der Waals surface area contributed by atoms with Gasteiger partial charge in [0.1, 0.15) is 11.2 Å². The fourth-order valence-corrected chi connectivity index (χ4v) is 5.45. The predicted octanol–water partition coefficient (Wildman–Crippen LogP) is 5.57. The molecule has 7 nitrogen and oxygen atoms in total. The van der Waals surface area contributed by atoms with E-state index >= 15 is 0 Å². The molecule has 0 spiro atoms. The molecule has 0 saturated carbocycles. The van der Waals surface area contributed by atoms with Gasteiger partial charge in [0.2, 0.25) is 0 Å². The van der Waals surface area contributed by atoms with Crippen molar-refractivity contribution in [1.29, 1.82) is 0 Å². The zero-order valence-electron chi connectivity index (χ0n) is 24.4. The summed E-state index contributed by atoms with van der Waals surface area (Å²) >= 11 is 0. The third kappa shape index (κ3) is 12.2. The van der Waals surface area contributed by atoms with Gasteiger partial charge in [-0.2, -0.15) is 0 Å². The number of unbranched alkanes of at least 4 members (excludes halogenated alkanes) is 6. The Morgan fingerprint density at radius 1 is 0.676 bits per heavy atom. The van der Waals surface area contributed by atoms with Crippen molar-refractivity contribution in [3.8, 4) is 0 Å². The highest BCUT2D eigenvalue weighted by molar-refractivity contribution is 4.92. The fraction of sp³-hybridized carbons (Fsp3) is 1.00. The van der Waals surface area contributed by atoms with Crippen LogP contribution in [-0.2, 0) is 23.7 Å². The van der Waals surface area contributed by atoms with Crippen LogP contribution in [0.2, 0.25) is 0 Å². The molecule has 2 aliphatic rings. The molecule has 6 atom stereocenters. The Hall–Kier alpha value is -0.280. The van der Waals surface area contributed by atoms with Crippen LogP contribution in [0, 0.1) is 0 Å². The average Bonchev–Trinajstić information content (AvgIpc) is 3.52. The maximum absolute atomic E-state index is 9.68. The molecule has 220 valence electrons. The summed E-state index contributed by atoms with van der Waals surface area (Å²) < 4.78 is 31.4. The first-order valence-electron chi connectivity index (χ1n) is 15.3. The minimum absolute atomic E-state index is 0.0174. The van der Waals surface area contributed by atoms with Crippen molar-refractivity contribution in [3.63, 3.8) is 0 Å². The number of rotatable bonds is 22. The van der Waals surface area contributed by atoms with Crippen LogP contribution >= 0.6 is 0 Å². The lowest BCUT2D eigenvalue weighted by atomic mass is 10.00. The summed E-state index contributed by atoms with van der Waals surface area (Å²) in [6, 6.07) is 0. The Morgan fingerprint density at radius 3 is 1.46 bits per heavy atom. The fourth-order valence-electron chi connectivity index (χ4n) is 5.45. The van der Waals surface area contributed by atoms with Crippen LogP contribution in [0.15, 0.2) is 0 Å². The lowest BCUT2D eigenvalue weighted by Crippen LogP contribution is -2.46. The summed E-state index contributed by atoms with van der Waals surface area (Å²) in [6.07, 6.45) is 15.2. The van der Waals surface area contributed by atoms with Gasteiger partial charge in [-0.05, 0) is 52.4 Å². The van der Waals surface area contributed by atoms with E-state index in [2.05, 4.69) is 27.7 Å². The maximum Gasteiger partial charge on any atom is 0.115 e. The summed E-state index contributed by atoms with van der Waals surface area (Å²) in [5.74, 6) is 0. The second-order valence-electron chi connectivity index (χ2n) is 11.7. The first-order chi connectivity index (χ1) is 17.9. The van der Waals surface area contributed by atoms with E-state index in [0.717, 1.165) is 38.5 Å². The van der Waals surface area contributed by atoms with Gasteiger partial charge in [-0.15, -0.1) is 0 Å². The highest BCUT2D eigenvalue weighted by Gasteiger charge is 2.44. The molecule has 0 amide bonds. The Morgan fingerprint density at radius 2 is 1.11 bits per heavy atom. The average molecular weight is 531 g/mol. The molecule has 0 aromatic heterocycles. The van der Waals surface area contributed by atoms with Crippen molar-refractivity contribution in [2.24, 2.45) is 0 Å². The predicted molar refractivity (Wildman–Crippen MR) is 147 cm³/mol. The van der Waals surface area contributed by atoms with Crippen molar-refractivity contribution < 1.29 is 33.9 Å². The van der Waals surface area contributed by atoms with E-state index in [4.69, 9.17) is 23.7 Å². The number of aliphatic hydroxyl groups excluding tert-OH is 2. The molecule has 0 aromatic carbocycles. The minimum Gasteiger partial charge on any atom is -0.394 e. The summed E-state index contributed by atoms with van der Waals surface area (Å²) in [4.78, 5) is 0. The smallest absolute Gasteiger partial charge is 0.115 e. The highest BCUT2D eigenvalue weighted by atomic mass is 16.6. The van der Waals surface area contributed by atoms with E-state index in [1.807, 2.05) is 0 Å². The van der Waals surface area contributed by atoms with Crippen LogP contribution in [0.4, 0.5) is 0 Å². The molecule has 0 aliphatic carbocycles. The van der Waals surface area contributed by atoms with Crippen molar-refractivity contribution in [2.45, 2.75) is 153 Å². The van der Waals surface area contributed by atoms with E-state index in [1.54, 1.807) is 0 Å². The van der Waals surface area contributed by atoms with E-state index in [1.165, 1.54) is 51.4 Å². The van der Waals surface area contributed by atoms with Gasteiger partial charge in [-0.3, -0.25) is 0 Å². The van der Waals surface area contributed by atoms with Gasteiger partial charge in [0.05, 0.1) is 64.1 Å². The lowest BCUT2D eigenvalue weighted by Gasteiger charge is -2.34. The van der Waals surface area contributed by atoms with Gasteiger partial charge in [0, 0.05) is 0 Å². The second-order valence-corrected chi connectivity index (χ2v) is 11.7. The van der Waals surface area contributed by atoms with Gasteiger partial charge < -0.3 is 33.9 Å². The Labute approximate surface area is 226 Å². The molecular formula is C30H58O7.